The van der Waals surface area contributed by atoms with E-state index in [1.807, 2.05) is 12.1 Å². The molecule has 0 bridgehead atoms. The van der Waals surface area contributed by atoms with Crippen molar-refractivity contribution in [3.63, 3.8) is 0 Å². The number of allylic oxidation sites excluding steroid dienone is 1. The molecule has 0 saturated carbocycles. The number of benzene rings is 8. The molecule has 74 heavy (non-hydrogen) atoms. The fourth-order valence-corrected chi connectivity index (χ4v) is 13.3. The van der Waals surface area contributed by atoms with Crippen molar-refractivity contribution in [1.82, 2.24) is 4.57 Å². The number of halogens is 1. The van der Waals surface area contributed by atoms with Gasteiger partial charge in [-0.1, -0.05) is 174 Å². The monoisotopic (exact) mass is 981 g/mol. The molecule has 0 spiro atoms. The number of pyridine rings is 1. The van der Waals surface area contributed by atoms with Crippen LogP contribution in [0.5, 0.6) is 0 Å². The summed E-state index contributed by atoms with van der Waals surface area (Å²) in [6, 6.07) is 67.5. The lowest BCUT2D eigenvalue weighted by atomic mass is 9.77. The van der Waals surface area contributed by atoms with Gasteiger partial charge in [0.2, 0.25) is 5.69 Å². The van der Waals surface area contributed by atoms with Crippen LogP contribution in [0.25, 0.3) is 100 Å². The zero-order valence-electron chi connectivity index (χ0n) is 43.1. The topological polar surface area (TPSA) is 25.8 Å². The van der Waals surface area contributed by atoms with Crippen molar-refractivity contribution < 1.29 is 17.9 Å². The molecule has 13 rings (SSSR count). The highest BCUT2D eigenvalue weighted by Crippen LogP contribution is 2.49. The van der Waals surface area contributed by atoms with Crippen molar-refractivity contribution in [3.8, 4) is 61.7 Å². The first kappa shape index (κ1) is 45.9. The minimum absolute atomic E-state index is 0.110. The smallest absolute Gasteiger partial charge is 0.304 e. The molecule has 2 atom stereocenters. The van der Waals surface area contributed by atoms with Gasteiger partial charge in [0.15, 0.2) is 28.9 Å². The first-order valence-electron chi connectivity index (χ1n) is 26.2. The lowest BCUT2D eigenvalue weighted by molar-refractivity contribution is -0.719. The number of aryl methyl sites for hydroxylation is 1. The normalized spacial score (nSPS) is 15.6. The lowest BCUT2D eigenvalue weighted by Gasteiger charge is -2.32. The van der Waals surface area contributed by atoms with E-state index in [-0.39, 0.29) is 23.2 Å². The summed E-state index contributed by atoms with van der Waals surface area (Å²) in [5.74, 6) is 0.975. The van der Waals surface area contributed by atoms with E-state index in [0.717, 1.165) is 108 Å². The van der Waals surface area contributed by atoms with E-state index in [4.69, 9.17) is 11.0 Å². The second-order valence-electron chi connectivity index (χ2n) is 22.7. The van der Waals surface area contributed by atoms with Gasteiger partial charge in [-0.05, 0) is 112 Å². The van der Waals surface area contributed by atoms with Crippen LogP contribution < -0.4 is 14.3 Å². The van der Waals surface area contributed by atoms with Crippen LogP contribution in [-0.2, 0) is 11.8 Å². The summed E-state index contributed by atoms with van der Waals surface area (Å²) in [6.45, 7) is 19.5. The predicted octanol–water partition coefficient (Wildman–Crippen LogP) is 16.6. The Hall–Kier alpha value is -7.93. The summed E-state index contributed by atoms with van der Waals surface area (Å²) in [7, 11) is -1.70. The van der Waals surface area contributed by atoms with Crippen molar-refractivity contribution in [2.45, 2.75) is 77.0 Å². The number of hydrogen-bond acceptors (Lipinski definition) is 1. The molecule has 6 heteroatoms. The number of nitrogens with zero attached hydrogens (tertiary/aromatic N) is 3. The Morgan fingerprint density at radius 3 is 2.00 bits per heavy atom. The van der Waals surface area contributed by atoms with Crippen molar-refractivity contribution >= 4 is 51.9 Å². The molecule has 0 radical (unpaired) electrons. The zero-order valence-corrected chi connectivity index (χ0v) is 44.1. The minimum atomic E-state index is -1.70. The Morgan fingerprint density at radius 2 is 1.30 bits per heavy atom. The van der Waals surface area contributed by atoms with E-state index >= 15 is 0 Å². The summed E-state index contributed by atoms with van der Waals surface area (Å²) in [4.78, 5) is 0. The summed E-state index contributed by atoms with van der Waals surface area (Å²) < 4.78 is 29.3. The molecule has 0 amide bonds. The van der Waals surface area contributed by atoms with Crippen LogP contribution in [-0.4, -0.2) is 12.6 Å². The number of imidazole rings is 1. The van der Waals surface area contributed by atoms with E-state index in [1.54, 1.807) is 0 Å². The molecule has 4 nitrogen and oxygen atoms in total. The van der Waals surface area contributed by atoms with Crippen LogP contribution >= 0.6 is 0 Å². The molecule has 2 aliphatic rings. The van der Waals surface area contributed by atoms with Crippen LogP contribution in [0, 0.1) is 5.82 Å². The van der Waals surface area contributed by atoms with Gasteiger partial charge < -0.3 is 4.42 Å². The maximum absolute atomic E-state index is 14.2. The maximum Gasteiger partial charge on any atom is 0.304 e. The van der Waals surface area contributed by atoms with Crippen LogP contribution in [0.2, 0.25) is 19.6 Å². The predicted molar refractivity (Wildman–Crippen MR) is 306 cm³/mol. The summed E-state index contributed by atoms with van der Waals surface area (Å²) in [5, 5.41) is 3.54. The molecule has 8 aromatic carbocycles. The standard InChI is InChI=1S/C68H60FN3OSi/c1-43-38-62-54(52-22-14-15-23-53(52)59-37-33-51(42-70(59)62)74(5,6)7)34-28-47-29-36-56-55-35-30-48(44-26-31-50(69)32-27-44)39-63(55)73-66(56)64(47)67-71(43)60-24-16-17-25-61(60)72(67)65-57(45-18-10-8-11-19-45)40-49(68(2,3)4)41-58(65)46-20-12-9-13-21-46/h8-27,29-33,35-37,39-42,54,62H,1,28,34,38H2,2-7H3/q+2. The highest BCUT2D eigenvalue weighted by molar-refractivity contribution is 6.88. The molecular formula is C68H60FN3OSi+2. The second kappa shape index (κ2) is 17.4. The molecule has 0 N–H and O–H groups in total. The van der Waals surface area contributed by atoms with Gasteiger partial charge in [-0.15, -0.1) is 0 Å². The third-order valence-corrected chi connectivity index (χ3v) is 18.1. The highest BCUT2D eigenvalue weighted by Gasteiger charge is 2.45. The van der Waals surface area contributed by atoms with Crippen LogP contribution in [0.1, 0.15) is 62.3 Å². The van der Waals surface area contributed by atoms with Crippen molar-refractivity contribution in [3.05, 3.63) is 223 Å². The number of para-hydroxylation sites is 2. The van der Waals surface area contributed by atoms with Gasteiger partial charge in [0.1, 0.15) is 28.3 Å². The second-order valence-corrected chi connectivity index (χ2v) is 27.8. The molecule has 5 heterocycles. The molecule has 0 saturated heterocycles. The molecule has 3 aromatic heterocycles. The Kier molecular flexibility index (Phi) is 10.8. The Morgan fingerprint density at radius 1 is 0.649 bits per heavy atom. The molecular weight excluding hydrogens is 922 g/mol. The average Bonchev–Trinajstić information content (AvgIpc) is 3.99. The number of fused-ring (bicyclic) bond motifs is 15. The minimum Gasteiger partial charge on any atom is -0.455 e. The molecule has 2 aliphatic heterocycles. The number of aromatic nitrogens is 3. The van der Waals surface area contributed by atoms with E-state index in [0.29, 0.717) is 0 Å². The third kappa shape index (κ3) is 7.52. The van der Waals surface area contributed by atoms with Gasteiger partial charge in [0.25, 0.3) is 0 Å². The van der Waals surface area contributed by atoms with E-state index in [1.165, 1.54) is 45.3 Å². The average molecular weight is 982 g/mol. The van der Waals surface area contributed by atoms with Gasteiger partial charge in [0.05, 0.1) is 14.5 Å². The fourth-order valence-electron chi connectivity index (χ4n) is 12.2. The van der Waals surface area contributed by atoms with E-state index in [9.17, 15) is 4.39 Å². The highest BCUT2D eigenvalue weighted by atomic mass is 28.3. The van der Waals surface area contributed by atoms with Crippen LogP contribution in [0.4, 0.5) is 4.39 Å². The van der Waals surface area contributed by atoms with Crippen molar-refractivity contribution in [2.24, 2.45) is 0 Å². The largest absolute Gasteiger partial charge is 0.455 e. The molecule has 11 aromatic rings. The van der Waals surface area contributed by atoms with Gasteiger partial charge >= 0.3 is 5.82 Å². The van der Waals surface area contributed by atoms with Gasteiger partial charge in [-0.3, -0.25) is 0 Å². The molecule has 0 fully saturated rings. The Bertz CT molecular complexity index is 3980. The first-order chi connectivity index (χ1) is 35.8. The Labute approximate surface area is 434 Å². The molecule has 362 valence electrons. The van der Waals surface area contributed by atoms with Crippen molar-refractivity contribution in [1.29, 1.82) is 0 Å². The number of furan rings is 1. The quantitative estimate of drug-likeness (QED) is 0.125. The molecule has 0 aliphatic carbocycles. The number of rotatable bonds is 5. The summed E-state index contributed by atoms with van der Waals surface area (Å²) in [5.41, 5.74) is 19.8. The fraction of sp³-hybridized carbons (Fsp3) is 0.176. The maximum atomic E-state index is 14.2. The third-order valence-electron chi connectivity index (χ3n) is 16.1. The zero-order chi connectivity index (χ0) is 50.6. The lowest BCUT2D eigenvalue weighted by Crippen LogP contribution is -2.53. The Balaban J connectivity index is 1.17. The van der Waals surface area contributed by atoms with E-state index < -0.39 is 8.07 Å². The van der Waals surface area contributed by atoms with E-state index in [2.05, 4.69) is 224 Å². The van der Waals surface area contributed by atoms with Crippen molar-refractivity contribution in [2.75, 3.05) is 0 Å². The summed E-state index contributed by atoms with van der Waals surface area (Å²) in [6.07, 6.45) is 4.97. The summed E-state index contributed by atoms with van der Waals surface area (Å²) >= 11 is 0. The van der Waals surface area contributed by atoms with Gasteiger partial charge in [0, 0.05) is 44.6 Å². The SMILES string of the molecule is C=C1CC2C(CCc3ccc4c(oc5cc(-c6ccc(F)cc6)ccc54)c3-c3n(-c4c(-c5ccccc5)cc(C(C)(C)C)cc4-c4ccccc4)c4ccccc4[n+]31)c1ccccc1-c1ccc([Si](C)(C)C)c[n+]12. The first-order valence-corrected chi connectivity index (χ1v) is 29.7. The van der Waals surface area contributed by atoms with Crippen LogP contribution in [0.3, 0.4) is 0 Å². The number of hydrogen-bond donors (Lipinski definition) is 0. The van der Waals surface area contributed by atoms with Crippen LogP contribution in [0.15, 0.2) is 205 Å². The van der Waals surface area contributed by atoms with Gasteiger partial charge in [-0.2, -0.15) is 13.7 Å². The molecule has 2 unspecified atom stereocenters. The van der Waals surface area contributed by atoms with Gasteiger partial charge in [-0.25, -0.2) is 4.39 Å².